The van der Waals surface area contributed by atoms with Crippen LogP contribution in [-0.4, -0.2) is 25.5 Å². The lowest BCUT2D eigenvalue weighted by Crippen LogP contribution is -2.05. The highest BCUT2D eigenvalue weighted by molar-refractivity contribution is 7.99. The number of hydrogen-bond donors (Lipinski definition) is 0. The second kappa shape index (κ2) is 7.66. The minimum Gasteiger partial charge on any atom is -0.270 e. The van der Waals surface area contributed by atoms with Gasteiger partial charge in [0.05, 0.1) is 5.69 Å². The van der Waals surface area contributed by atoms with Crippen LogP contribution in [0.2, 0.25) is 0 Å². The Bertz CT molecular complexity index is 868. The van der Waals surface area contributed by atoms with E-state index in [4.69, 9.17) is 0 Å². The summed E-state index contributed by atoms with van der Waals surface area (Å²) in [5.41, 5.74) is 4.45. The van der Waals surface area contributed by atoms with Crippen molar-refractivity contribution in [3.63, 3.8) is 0 Å². The minimum absolute atomic E-state index is 0.402. The number of thioether (sulfide) groups is 1. The Morgan fingerprint density at radius 3 is 2.64 bits per heavy atom. The van der Waals surface area contributed by atoms with Crippen molar-refractivity contribution >= 4 is 11.8 Å². The third-order valence-electron chi connectivity index (χ3n) is 3.80. The topological polar surface area (TPSA) is 43.6 Å². The van der Waals surface area contributed by atoms with Gasteiger partial charge in [0.1, 0.15) is 0 Å². The first kappa shape index (κ1) is 17.4. The first-order valence-electron chi connectivity index (χ1n) is 8.30. The van der Waals surface area contributed by atoms with Gasteiger partial charge < -0.3 is 0 Å². The Morgan fingerprint density at radius 1 is 1.16 bits per heavy atom. The Hall–Kier alpha value is -2.40. The van der Waals surface area contributed by atoms with Crippen molar-refractivity contribution in [2.45, 2.75) is 31.8 Å². The van der Waals surface area contributed by atoms with E-state index in [1.807, 2.05) is 25.3 Å². The van der Waals surface area contributed by atoms with E-state index in [1.165, 1.54) is 5.56 Å². The van der Waals surface area contributed by atoms with Crippen molar-refractivity contribution < 1.29 is 0 Å². The highest BCUT2D eigenvalue weighted by atomic mass is 32.2. The van der Waals surface area contributed by atoms with Crippen molar-refractivity contribution in [3.05, 3.63) is 66.5 Å². The van der Waals surface area contributed by atoms with Crippen molar-refractivity contribution in [1.29, 1.82) is 0 Å². The van der Waals surface area contributed by atoms with Gasteiger partial charge in [0, 0.05) is 23.7 Å². The average Bonchev–Trinajstić information content (AvgIpc) is 3.04. The highest BCUT2D eigenvalue weighted by Gasteiger charge is 2.19. The second-order valence-electron chi connectivity index (χ2n) is 6.34. The number of nitrogens with zero attached hydrogens (tertiary/aromatic N) is 4. The largest absolute Gasteiger partial charge is 0.270 e. The second-order valence-corrected chi connectivity index (χ2v) is 7.29. The van der Waals surface area contributed by atoms with Crippen LogP contribution in [0.3, 0.4) is 0 Å². The van der Waals surface area contributed by atoms with Crippen molar-refractivity contribution in [2.75, 3.05) is 5.75 Å². The van der Waals surface area contributed by atoms with Gasteiger partial charge >= 0.3 is 0 Å². The summed E-state index contributed by atoms with van der Waals surface area (Å²) in [4.78, 5) is 4.23. The lowest BCUT2D eigenvalue weighted by atomic mass is 10.0. The Labute approximate surface area is 153 Å². The molecule has 0 atom stereocenters. The molecule has 0 unspecified atom stereocenters. The fraction of sp³-hybridized carbons (Fsp3) is 0.250. The maximum atomic E-state index is 4.46. The molecule has 0 aliphatic carbocycles. The predicted octanol–water partition coefficient (Wildman–Crippen LogP) is 5.12. The fourth-order valence-corrected chi connectivity index (χ4v) is 3.42. The van der Waals surface area contributed by atoms with E-state index in [0.717, 1.165) is 33.6 Å². The van der Waals surface area contributed by atoms with Crippen LogP contribution in [0.5, 0.6) is 0 Å². The van der Waals surface area contributed by atoms with Crippen LogP contribution in [0.15, 0.2) is 66.1 Å². The number of rotatable bonds is 6. The zero-order valence-corrected chi connectivity index (χ0v) is 15.6. The van der Waals surface area contributed by atoms with Gasteiger partial charge in [-0.15, -0.1) is 10.2 Å². The Balaban J connectivity index is 2.18. The van der Waals surface area contributed by atoms with E-state index in [0.29, 0.717) is 5.92 Å². The van der Waals surface area contributed by atoms with Crippen LogP contribution in [0, 0.1) is 0 Å². The molecule has 0 bridgehead atoms. The number of benzene rings is 1. The number of aromatic nitrogens is 4. The summed E-state index contributed by atoms with van der Waals surface area (Å²) < 4.78 is 2.14. The molecule has 0 N–H and O–H groups in total. The smallest absolute Gasteiger partial charge is 0.196 e. The summed E-state index contributed by atoms with van der Waals surface area (Å²) in [5.74, 6) is 2.03. The van der Waals surface area contributed by atoms with Crippen LogP contribution < -0.4 is 0 Å². The maximum Gasteiger partial charge on any atom is 0.196 e. The summed E-state index contributed by atoms with van der Waals surface area (Å²) in [5, 5.41) is 9.78. The van der Waals surface area contributed by atoms with E-state index in [1.54, 1.807) is 18.0 Å². The van der Waals surface area contributed by atoms with E-state index in [-0.39, 0.29) is 0 Å². The van der Waals surface area contributed by atoms with Crippen LogP contribution in [0.4, 0.5) is 0 Å². The summed E-state index contributed by atoms with van der Waals surface area (Å²) in [6.07, 6.45) is 3.59. The van der Waals surface area contributed by atoms with E-state index in [2.05, 4.69) is 64.4 Å². The first-order valence-corrected chi connectivity index (χ1v) is 9.28. The van der Waals surface area contributed by atoms with Crippen molar-refractivity contribution in [1.82, 2.24) is 19.7 Å². The molecule has 0 spiro atoms. The quantitative estimate of drug-likeness (QED) is 0.457. The van der Waals surface area contributed by atoms with E-state index >= 15 is 0 Å². The van der Waals surface area contributed by atoms with Crippen LogP contribution in [0.25, 0.3) is 17.1 Å². The zero-order valence-electron chi connectivity index (χ0n) is 14.8. The first-order chi connectivity index (χ1) is 12.1. The van der Waals surface area contributed by atoms with Crippen LogP contribution in [-0.2, 0) is 0 Å². The standard InChI is InChI=1S/C20H22N4S/c1-14(2)13-25-20-23-22-19(16-8-7-11-21-12-16)24(20)18-10-6-5-9-17(18)15(3)4/h5-12,15H,1,13H2,2-4H3. The van der Waals surface area contributed by atoms with Gasteiger partial charge in [-0.25, -0.2) is 0 Å². The Kier molecular flexibility index (Phi) is 5.34. The zero-order chi connectivity index (χ0) is 17.8. The molecule has 0 aliphatic heterocycles. The normalized spacial score (nSPS) is 11.0. The lowest BCUT2D eigenvalue weighted by Gasteiger charge is -2.16. The molecule has 2 aromatic heterocycles. The highest BCUT2D eigenvalue weighted by Crippen LogP contribution is 2.32. The summed E-state index contributed by atoms with van der Waals surface area (Å²) >= 11 is 1.66. The van der Waals surface area contributed by atoms with Gasteiger partial charge in [-0.1, -0.05) is 56.0 Å². The molecule has 0 amide bonds. The molecule has 1 aromatic carbocycles. The molecular weight excluding hydrogens is 328 g/mol. The SMILES string of the molecule is C=C(C)CSc1nnc(-c2cccnc2)n1-c1ccccc1C(C)C. The number of hydrogen-bond acceptors (Lipinski definition) is 4. The maximum absolute atomic E-state index is 4.46. The van der Waals surface area contributed by atoms with Crippen LogP contribution >= 0.6 is 11.8 Å². The molecule has 3 aromatic rings. The van der Waals surface area contributed by atoms with Crippen molar-refractivity contribution in [3.8, 4) is 17.1 Å². The molecule has 0 saturated carbocycles. The molecule has 0 radical (unpaired) electrons. The minimum atomic E-state index is 0.402. The van der Waals surface area contributed by atoms with E-state index < -0.39 is 0 Å². The third-order valence-corrected chi connectivity index (χ3v) is 4.96. The molecule has 128 valence electrons. The van der Waals surface area contributed by atoms with Gasteiger partial charge in [-0.05, 0) is 36.6 Å². The molecule has 5 heteroatoms. The van der Waals surface area contributed by atoms with E-state index in [9.17, 15) is 0 Å². The van der Waals surface area contributed by atoms with Gasteiger partial charge in [0.25, 0.3) is 0 Å². The monoisotopic (exact) mass is 350 g/mol. The average molecular weight is 350 g/mol. The fourth-order valence-electron chi connectivity index (χ4n) is 2.63. The van der Waals surface area contributed by atoms with Gasteiger partial charge in [-0.2, -0.15) is 0 Å². The van der Waals surface area contributed by atoms with Gasteiger partial charge in [0.15, 0.2) is 11.0 Å². The third kappa shape index (κ3) is 3.82. The number of pyridine rings is 1. The summed E-state index contributed by atoms with van der Waals surface area (Å²) in [6.45, 7) is 10.4. The molecule has 25 heavy (non-hydrogen) atoms. The molecular formula is C20H22N4S. The van der Waals surface area contributed by atoms with Crippen LogP contribution in [0.1, 0.15) is 32.3 Å². The Morgan fingerprint density at radius 2 is 1.96 bits per heavy atom. The molecule has 3 rings (SSSR count). The van der Waals surface area contributed by atoms with Gasteiger partial charge in [0.2, 0.25) is 0 Å². The van der Waals surface area contributed by atoms with Gasteiger partial charge in [-0.3, -0.25) is 9.55 Å². The summed E-state index contributed by atoms with van der Waals surface area (Å²) in [6, 6.07) is 12.4. The molecule has 0 fully saturated rings. The lowest BCUT2D eigenvalue weighted by molar-refractivity contribution is 0.819. The predicted molar refractivity (Wildman–Crippen MR) is 104 cm³/mol. The summed E-state index contributed by atoms with van der Waals surface area (Å²) in [7, 11) is 0. The molecule has 0 saturated heterocycles. The number of para-hydroxylation sites is 1. The molecule has 4 nitrogen and oxygen atoms in total. The molecule has 0 aliphatic rings. The molecule has 2 heterocycles. The van der Waals surface area contributed by atoms with Crippen molar-refractivity contribution in [2.24, 2.45) is 0 Å².